The van der Waals surface area contributed by atoms with Gasteiger partial charge < -0.3 is 10.3 Å². The standard InChI is InChI=1S/C23H28N6O/c1-4-28(5-2)14-17-9-7-16(8-10-17)13-24-22-18-11-20-21(12-19(18)25-15-26-22)29(6-3)23(30)27-20/h7-12,15H,4-6,13-14H2,1-3H3,(H,27,30)(H,24,25,26). The van der Waals surface area contributed by atoms with Crippen LogP contribution in [0.1, 0.15) is 31.9 Å². The summed E-state index contributed by atoms with van der Waals surface area (Å²) in [4.78, 5) is 26.3. The molecule has 2 heterocycles. The fourth-order valence-corrected chi connectivity index (χ4v) is 3.82. The van der Waals surface area contributed by atoms with E-state index < -0.39 is 0 Å². The quantitative estimate of drug-likeness (QED) is 0.468. The van der Waals surface area contributed by atoms with Crippen LogP contribution in [0, 0.1) is 0 Å². The molecular weight excluding hydrogens is 376 g/mol. The van der Waals surface area contributed by atoms with Crippen molar-refractivity contribution in [1.29, 1.82) is 0 Å². The van der Waals surface area contributed by atoms with E-state index in [0.29, 0.717) is 13.1 Å². The zero-order valence-corrected chi connectivity index (χ0v) is 17.8. The first-order valence-electron chi connectivity index (χ1n) is 10.5. The SMILES string of the molecule is CCN(CC)Cc1ccc(CNc2ncnc3cc4c(cc23)[nH]c(=O)n4CC)cc1. The minimum absolute atomic E-state index is 0.102. The number of nitrogens with zero attached hydrogens (tertiary/aromatic N) is 4. The summed E-state index contributed by atoms with van der Waals surface area (Å²) in [6.45, 7) is 10.7. The van der Waals surface area contributed by atoms with Crippen LogP contribution in [0.5, 0.6) is 0 Å². The highest BCUT2D eigenvalue weighted by atomic mass is 16.1. The summed E-state index contributed by atoms with van der Waals surface area (Å²) in [7, 11) is 0. The van der Waals surface area contributed by atoms with Gasteiger partial charge in [-0.05, 0) is 43.3 Å². The summed E-state index contributed by atoms with van der Waals surface area (Å²) in [5.41, 5.74) is 4.89. The molecule has 0 saturated carbocycles. The molecule has 0 amide bonds. The van der Waals surface area contributed by atoms with Crippen LogP contribution in [0.4, 0.5) is 5.82 Å². The molecule has 2 aromatic heterocycles. The van der Waals surface area contributed by atoms with E-state index in [1.165, 1.54) is 11.1 Å². The van der Waals surface area contributed by atoms with E-state index in [-0.39, 0.29) is 5.69 Å². The molecule has 7 heteroatoms. The molecule has 0 fully saturated rings. The van der Waals surface area contributed by atoms with E-state index in [1.54, 1.807) is 10.9 Å². The molecule has 0 aliphatic carbocycles. The maximum Gasteiger partial charge on any atom is 0.326 e. The summed E-state index contributed by atoms with van der Waals surface area (Å²) in [6, 6.07) is 12.6. The predicted octanol–water partition coefficient (Wildman–Crippen LogP) is 3.75. The van der Waals surface area contributed by atoms with Crippen molar-refractivity contribution in [3.8, 4) is 0 Å². The fourth-order valence-electron chi connectivity index (χ4n) is 3.82. The Morgan fingerprint density at radius 2 is 1.77 bits per heavy atom. The van der Waals surface area contributed by atoms with Crippen molar-refractivity contribution in [2.75, 3.05) is 18.4 Å². The Kier molecular flexibility index (Phi) is 5.81. The van der Waals surface area contributed by atoms with Gasteiger partial charge in [0.25, 0.3) is 0 Å². The minimum Gasteiger partial charge on any atom is -0.365 e. The van der Waals surface area contributed by atoms with Gasteiger partial charge in [0.1, 0.15) is 12.1 Å². The van der Waals surface area contributed by atoms with Crippen LogP contribution in [0.15, 0.2) is 47.5 Å². The molecule has 0 aliphatic heterocycles. The van der Waals surface area contributed by atoms with Crippen LogP contribution < -0.4 is 11.0 Å². The summed E-state index contributed by atoms with van der Waals surface area (Å²) in [6.07, 6.45) is 1.56. The number of aromatic nitrogens is 4. The normalized spacial score (nSPS) is 11.6. The predicted molar refractivity (Wildman–Crippen MR) is 122 cm³/mol. The Hall–Kier alpha value is -3.19. The monoisotopic (exact) mass is 404 g/mol. The van der Waals surface area contributed by atoms with E-state index in [2.05, 4.69) is 63.3 Å². The number of hydrogen-bond acceptors (Lipinski definition) is 5. The molecule has 4 rings (SSSR count). The molecule has 4 aromatic rings. The number of fused-ring (bicyclic) bond motifs is 2. The Bertz CT molecular complexity index is 1200. The molecule has 0 saturated heterocycles. The number of nitrogens with one attached hydrogen (secondary N) is 2. The Morgan fingerprint density at radius 1 is 1.03 bits per heavy atom. The average molecular weight is 405 g/mol. The molecule has 7 nitrogen and oxygen atoms in total. The zero-order valence-electron chi connectivity index (χ0n) is 17.8. The fraction of sp³-hybridized carbons (Fsp3) is 0.348. The Labute approximate surface area is 175 Å². The lowest BCUT2D eigenvalue weighted by atomic mass is 10.1. The first-order valence-corrected chi connectivity index (χ1v) is 10.5. The highest BCUT2D eigenvalue weighted by Gasteiger charge is 2.11. The van der Waals surface area contributed by atoms with E-state index in [0.717, 1.165) is 47.4 Å². The Morgan fingerprint density at radius 3 is 2.47 bits per heavy atom. The molecule has 2 aromatic carbocycles. The van der Waals surface area contributed by atoms with Gasteiger partial charge in [-0.3, -0.25) is 9.47 Å². The minimum atomic E-state index is -0.102. The maximum absolute atomic E-state index is 12.1. The van der Waals surface area contributed by atoms with Gasteiger partial charge in [0.05, 0.1) is 16.6 Å². The molecule has 0 bridgehead atoms. The van der Waals surface area contributed by atoms with Crippen LogP contribution in [0.25, 0.3) is 21.9 Å². The van der Waals surface area contributed by atoms with Crippen LogP contribution >= 0.6 is 0 Å². The highest BCUT2D eigenvalue weighted by Crippen LogP contribution is 2.24. The third kappa shape index (κ3) is 3.93. The number of anilines is 1. The number of imidazole rings is 1. The number of H-pyrrole nitrogens is 1. The summed E-state index contributed by atoms with van der Waals surface area (Å²) < 4.78 is 1.71. The molecule has 0 spiro atoms. The van der Waals surface area contributed by atoms with E-state index in [4.69, 9.17) is 0 Å². The number of rotatable bonds is 8. The molecule has 0 radical (unpaired) electrons. The van der Waals surface area contributed by atoms with Crippen molar-refractivity contribution in [2.24, 2.45) is 0 Å². The van der Waals surface area contributed by atoms with Gasteiger partial charge in [-0.2, -0.15) is 0 Å². The van der Waals surface area contributed by atoms with Gasteiger partial charge in [0, 0.05) is 25.0 Å². The highest BCUT2D eigenvalue weighted by molar-refractivity contribution is 5.98. The van der Waals surface area contributed by atoms with Gasteiger partial charge in [0.2, 0.25) is 0 Å². The molecule has 30 heavy (non-hydrogen) atoms. The number of aromatic amines is 1. The third-order valence-electron chi connectivity index (χ3n) is 5.63. The van der Waals surface area contributed by atoms with Crippen molar-refractivity contribution in [1.82, 2.24) is 24.4 Å². The van der Waals surface area contributed by atoms with Crippen molar-refractivity contribution in [2.45, 2.75) is 40.4 Å². The van der Waals surface area contributed by atoms with Crippen LogP contribution in [-0.4, -0.2) is 37.5 Å². The molecule has 0 aliphatic rings. The Balaban J connectivity index is 1.55. The first kappa shape index (κ1) is 20.1. The smallest absolute Gasteiger partial charge is 0.326 e. The van der Waals surface area contributed by atoms with Gasteiger partial charge in [-0.1, -0.05) is 38.1 Å². The molecule has 0 atom stereocenters. The maximum atomic E-state index is 12.1. The summed E-state index contributed by atoms with van der Waals surface area (Å²) >= 11 is 0. The van der Waals surface area contributed by atoms with Crippen LogP contribution in [0.3, 0.4) is 0 Å². The van der Waals surface area contributed by atoms with Gasteiger partial charge in [0.15, 0.2) is 0 Å². The van der Waals surface area contributed by atoms with Gasteiger partial charge in [-0.15, -0.1) is 0 Å². The third-order valence-corrected chi connectivity index (χ3v) is 5.63. The van der Waals surface area contributed by atoms with E-state index >= 15 is 0 Å². The lowest BCUT2D eigenvalue weighted by Crippen LogP contribution is -2.22. The number of benzene rings is 2. The van der Waals surface area contributed by atoms with Gasteiger partial charge >= 0.3 is 5.69 Å². The van der Waals surface area contributed by atoms with Crippen molar-refractivity contribution < 1.29 is 0 Å². The largest absolute Gasteiger partial charge is 0.365 e. The second-order valence-electron chi connectivity index (χ2n) is 7.41. The van der Waals surface area contributed by atoms with Gasteiger partial charge in [-0.25, -0.2) is 14.8 Å². The first-order chi connectivity index (χ1) is 14.6. The van der Waals surface area contributed by atoms with Crippen molar-refractivity contribution >= 4 is 27.8 Å². The van der Waals surface area contributed by atoms with E-state index in [1.807, 2.05) is 19.1 Å². The number of hydrogen-bond donors (Lipinski definition) is 2. The summed E-state index contributed by atoms with van der Waals surface area (Å²) in [5, 5.41) is 4.32. The second kappa shape index (κ2) is 8.67. The van der Waals surface area contributed by atoms with Crippen molar-refractivity contribution in [3.63, 3.8) is 0 Å². The molecule has 0 unspecified atom stereocenters. The second-order valence-corrected chi connectivity index (χ2v) is 7.41. The zero-order chi connectivity index (χ0) is 21.1. The number of aryl methyl sites for hydroxylation is 1. The molecule has 156 valence electrons. The van der Waals surface area contributed by atoms with Crippen molar-refractivity contribution in [3.05, 3.63) is 64.3 Å². The topological polar surface area (TPSA) is 78.8 Å². The average Bonchev–Trinajstić information content (AvgIpc) is 3.09. The molecule has 2 N–H and O–H groups in total. The lowest BCUT2D eigenvalue weighted by Gasteiger charge is -2.18. The lowest BCUT2D eigenvalue weighted by molar-refractivity contribution is 0.296. The molecular formula is C23H28N6O. The van der Waals surface area contributed by atoms with E-state index in [9.17, 15) is 4.79 Å². The summed E-state index contributed by atoms with van der Waals surface area (Å²) in [5.74, 6) is 0.763. The van der Waals surface area contributed by atoms with Crippen LogP contribution in [0.2, 0.25) is 0 Å². The van der Waals surface area contributed by atoms with Crippen LogP contribution in [-0.2, 0) is 19.6 Å².